The second-order valence-electron chi connectivity index (χ2n) is 4.33. The minimum Gasteiger partial charge on any atom is -0.310 e. The third-order valence-electron chi connectivity index (χ3n) is 2.91. The number of aromatic nitrogens is 1. The molecule has 1 saturated carbocycles. The van der Waals surface area contributed by atoms with Crippen molar-refractivity contribution >= 4 is 22.9 Å². The molecule has 0 amide bonds. The molecule has 1 fully saturated rings. The van der Waals surface area contributed by atoms with E-state index in [2.05, 4.69) is 17.2 Å². The van der Waals surface area contributed by atoms with Gasteiger partial charge in [0.2, 0.25) is 0 Å². The lowest BCUT2D eigenvalue weighted by molar-refractivity contribution is 0.156. The quantitative estimate of drug-likeness (QED) is 0.860. The van der Waals surface area contributed by atoms with Crippen molar-refractivity contribution in [1.82, 2.24) is 10.3 Å². The van der Waals surface area contributed by atoms with E-state index in [4.69, 9.17) is 11.6 Å². The van der Waals surface area contributed by atoms with Crippen LogP contribution in [0.3, 0.4) is 0 Å². The van der Waals surface area contributed by atoms with Crippen LogP contribution in [0.25, 0.3) is 0 Å². The third kappa shape index (κ3) is 2.47. The van der Waals surface area contributed by atoms with Crippen LogP contribution in [0.2, 0.25) is 4.34 Å². The van der Waals surface area contributed by atoms with E-state index in [1.165, 1.54) is 19.3 Å². The van der Waals surface area contributed by atoms with Gasteiger partial charge in [0.15, 0.2) is 0 Å². The zero-order valence-electron chi connectivity index (χ0n) is 8.35. The lowest BCUT2D eigenvalue weighted by Gasteiger charge is -2.38. The van der Waals surface area contributed by atoms with Gasteiger partial charge in [0.05, 0.1) is 6.20 Å². The summed E-state index contributed by atoms with van der Waals surface area (Å²) in [5, 5.41) is 4.53. The fraction of sp³-hybridized carbons (Fsp3) is 0.700. The summed E-state index contributed by atoms with van der Waals surface area (Å²) < 4.78 is 0.775. The zero-order chi connectivity index (χ0) is 10.0. The highest BCUT2D eigenvalue weighted by atomic mass is 35.5. The summed E-state index contributed by atoms with van der Waals surface area (Å²) in [6, 6.07) is 0. The van der Waals surface area contributed by atoms with E-state index >= 15 is 0 Å². The molecule has 1 aliphatic rings. The molecule has 78 valence electrons. The summed E-state index contributed by atoms with van der Waals surface area (Å²) >= 11 is 7.35. The Bertz CT molecular complexity index is 307. The smallest absolute Gasteiger partial charge is 0.113 e. The molecule has 0 aromatic carbocycles. The van der Waals surface area contributed by atoms with Crippen LogP contribution in [0, 0.1) is 5.41 Å². The molecule has 0 atom stereocenters. The van der Waals surface area contributed by atoms with Crippen molar-refractivity contribution in [1.29, 1.82) is 0 Å². The molecule has 1 aliphatic carbocycles. The van der Waals surface area contributed by atoms with Gasteiger partial charge in [-0.05, 0) is 18.3 Å². The summed E-state index contributed by atoms with van der Waals surface area (Å²) in [6.45, 7) is 4.30. The Kier molecular flexibility index (Phi) is 3.10. The van der Waals surface area contributed by atoms with E-state index in [9.17, 15) is 0 Å². The molecule has 1 aromatic rings. The van der Waals surface area contributed by atoms with Gasteiger partial charge >= 0.3 is 0 Å². The van der Waals surface area contributed by atoms with Crippen molar-refractivity contribution in [3.05, 3.63) is 15.5 Å². The highest BCUT2D eigenvalue weighted by Gasteiger charge is 2.30. The highest BCUT2D eigenvalue weighted by molar-refractivity contribution is 7.15. The molecule has 0 radical (unpaired) electrons. The number of halogens is 1. The van der Waals surface area contributed by atoms with E-state index in [1.807, 2.05) is 0 Å². The molecule has 2 nitrogen and oxygen atoms in total. The summed E-state index contributed by atoms with van der Waals surface area (Å²) in [5.41, 5.74) is 0.543. The Morgan fingerprint density at radius 2 is 2.43 bits per heavy atom. The zero-order valence-corrected chi connectivity index (χ0v) is 9.92. The van der Waals surface area contributed by atoms with Gasteiger partial charge in [-0.2, -0.15) is 0 Å². The van der Waals surface area contributed by atoms with Crippen molar-refractivity contribution < 1.29 is 0 Å². The van der Waals surface area contributed by atoms with E-state index in [1.54, 1.807) is 17.5 Å². The van der Waals surface area contributed by atoms with Crippen LogP contribution < -0.4 is 5.32 Å². The predicted molar refractivity (Wildman–Crippen MR) is 60.8 cm³/mol. The molecule has 0 aliphatic heterocycles. The third-order valence-corrected chi connectivity index (χ3v) is 4.03. The topological polar surface area (TPSA) is 24.9 Å². The second-order valence-corrected chi connectivity index (χ2v) is 6.07. The Morgan fingerprint density at radius 3 is 2.93 bits per heavy atom. The maximum Gasteiger partial charge on any atom is 0.113 e. The van der Waals surface area contributed by atoms with E-state index in [0.717, 1.165) is 22.4 Å². The van der Waals surface area contributed by atoms with Gasteiger partial charge in [-0.3, -0.25) is 0 Å². The van der Waals surface area contributed by atoms with Crippen LogP contribution in [0.15, 0.2) is 6.20 Å². The number of hydrogen-bond acceptors (Lipinski definition) is 3. The van der Waals surface area contributed by atoms with Crippen LogP contribution >= 0.6 is 22.9 Å². The standard InChI is InChI=1S/C10H15ClN2S/c1-10(3-2-4-10)7-12-6-9-13-5-8(11)14-9/h5,12H,2-4,6-7H2,1H3. The number of hydrogen-bond donors (Lipinski definition) is 1. The Hall–Kier alpha value is -0.120. The molecular weight excluding hydrogens is 216 g/mol. The van der Waals surface area contributed by atoms with Crippen molar-refractivity contribution in [3.63, 3.8) is 0 Å². The van der Waals surface area contributed by atoms with Crippen molar-refractivity contribution in [3.8, 4) is 0 Å². The van der Waals surface area contributed by atoms with Gasteiger partial charge in [-0.15, -0.1) is 11.3 Å². The van der Waals surface area contributed by atoms with E-state index in [-0.39, 0.29) is 0 Å². The normalized spacial score (nSPS) is 19.3. The maximum atomic E-state index is 5.80. The summed E-state index contributed by atoms with van der Waals surface area (Å²) in [4.78, 5) is 4.20. The fourth-order valence-corrected chi connectivity index (χ4v) is 2.72. The minimum absolute atomic E-state index is 0.543. The predicted octanol–water partition coefficient (Wildman–Crippen LogP) is 3.08. The average Bonchev–Trinajstić information content (AvgIpc) is 2.49. The minimum atomic E-state index is 0.543. The molecule has 0 spiro atoms. The van der Waals surface area contributed by atoms with Gasteiger partial charge in [0.1, 0.15) is 9.34 Å². The summed E-state index contributed by atoms with van der Waals surface area (Å²) in [7, 11) is 0. The lowest BCUT2D eigenvalue weighted by atomic mass is 9.70. The molecule has 2 rings (SSSR count). The molecule has 4 heteroatoms. The van der Waals surface area contributed by atoms with E-state index in [0.29, 0.717) is 5.41 Å². The van der Waals surface area contributed by atoms with Crippen LogP contribution in [0.4, 0.5) is 0 Å². The molecule has 1 heterocycles. The van der Waals surface area contributed by atoms with Crippen LogP contribution in [0.5, 0.6) is 0 Å². The monoisotopic (exact) mass is 230 g/mol. The Balaban J connectivity index is 1.72. The van der Waals surface area contributed by atoms with Gasteiger partial charge in [0, 0.05) is 13.1 Å². The second kappa shape index (κ2) is 4.17. The first-order valence-electron chi connectivity index (χ1n) is 4.99. The molecule has 0 bridgehead atoms. The first-order chi connectivity index (χ1) is 6.68. The number of thiazole rings is 1. The van der Waals surface area contributed by atoms with Crippen LogP contribution in [-0.2, 0) is 6.54 Å². The van der Waals surface area contributed by atoms with Crippen LogP contribution in [0.1, 0.15) is 31.2 Å². The van der Waals surface area contributed by atoms with Crippen molar-refractivity contribution in [2.75, 3.05) is 6.54 Å². The van der Waals surface area contributed by atoms with Gasteiger partial charge < -0.3 is 5.32 Å². The maximum absolute atomic E-state index is 5.80. The Morgan fingerprint density at radius 1 is 1.64 bits per heavy atom. The highest BCUT2D eigenvalue weighted by Crippen LogP contribution is 2.39. The molecule has 0 saturated heterocycles. The molecular formula is C10H15ClN2S. The molecule has 14 heavy (non-hydrogen) atoms. The van der Waals surface area contributed by atoms with Gasteiger partial charge in [0.25, 0.3) is 0 Å². The van der Waals surface area contributed by atoms with E-state index < -0.39 is 0 Å². The molecule has 0 unspecified atom stereocenters. The SMILES string of the molecule is CC1(CNCc2ncc(Cl)s2)CCC1. The number of nitrogens with one attached hydrogen (secondary N) is 1. The summed E-state index contributed by atoms with van der Waals surface area (Å²) in [5.74, 6) is 0. The first kappa shape index (κ1) is 10.4. The van der Waals surface area contributed by atoms with Crippen molar-refractivity contribution in [2.45, 2.75) is 32.7 Å². The largest absolute Gasteiger partial charge is 0.310 e. The van der Waals surface area contributed by atoms with Crippen molar-refractivity contribution in [2.24, 2.45) is 5.41 Å². The average molecular weight is 231 g/mol. The lowest BCUT2D eigenvalue weighted by Crippen LogP contribution is -2.36. The summed E-state index contributed by atoms with van der Waals surface area (Å²) in [6.07, 6.45) is 5.83. The first-order valence-corrected chi connectivity index (χ1v) is 6.18. The fourth-order valence-electron chi connectivity index (χ4n) is 1.80. The number of nitrogens with zero attached hydrogens (tertiary/aromatic N) is 1. The molecule has 1 N–H and O–H groups in total. The van der Waals surface area contributed by atoms with Gasteiger partial charge in [-0.1, -0.05) is 24.9 Å². The Labute approximate surface area is 93.7 Å². The van der Waals surface area contributed by atoms with Gasteiger partial charge in [-0.25, -0.2) is 4.98 Å². The van der Waals surface area contributed by atoms with Crippen LogP contribution in [-0.4, -0.2) is 11.5 Å². The molecule has 1 aromatic heterocycles. The number of rotatable bonds is 4.